The number of unbranched alkanes of at least 4 members (excludes halogenated alkanes) is 13. The van der Waals surface area contributed by atoms with Crippen LogP contribution in [-0.2, 0) is 23.7 Å². The molecule has 0 radical (unpaired) electrons. The molecular formula is C27H52O5. The second-order valence-corrected chi connectivity index (χ2v) is 8.30. The first-order valence-corrected chi connectivity index (χ1v) is 13.2. The first-order chi connectivity index (χ1) is 15.9. The molecule has 0 atom stereocenters. The molecule has 0 aliphatic heterocycles. The third kappa shape index (κ3) is 29.4. The van der Waals surface area contributed by atoms with E-state index in [1.807, 2.05) is 0 Å². The lowest BCUT2D eigenvalue weighted by Gasteiger charge is -2.07. The summed E-state index contributed by atoms with van der Waals surface area (Å²) in [7, 11) is 0. The summed E-state index contributed by atoms with van der Waals surface area (Å²) in [5.74, 6) is 2.41. The second kappa shape index (κ2) is 30.4. The molecule has 5 heteroatoms. The third-order valence-electron chi connectivity index (χ3n) is 5.32. The van der Waals surface area contributed by atoms with Crippen LogP contribution in [0.2, 0.25) is 0 Å². The van der Waals surface area contributed by atoms with Gasteiger partial charge in [0.15, 0.2) is 0 Å². The van der Waals surface area contributed by atoms with E-state index in [4.69, 9.17) is 30.1 Å². The van der Waals surface area contributed by atoms with Crippen LogP contribution in [0.15, 0.2) is 0 Å². The minimum Gasteiger partial charge on any atom is -0.379 e. The van der Waals surface area contributed by atoms with Gasteiger partial charge in [0.1, 0.15) is 6.61 Å². The highest BCUT2D eigenvalue weighted by atomic mass is 16.6. The van der Waals surface area contributed by atoms with E-state index in [0.717, 1.165) is 13.0 Å². The van der Waals surface area contributed by atoms with Crippen molar-refractivity contribution in [3.63, 3.8) is 0 Å². The molecule has 0 bridgehead atoms. The molecule has 0 heterocycles. The second-order valence-electron chi connectivity index (χ2n) is 8.30. The SMILES string of the molecule is C#CCOCCOCCOCCOCCOCCCCCCCCCCCCCCCC. The molecule has 5 nitrogen and oxygen atoms in total. The summed E-state index contributed by atoms with van der Waals surface area (Å²) in [6.07, 6.45) is 24.5. The molecule has 0 fully saturated rings. The largest absolute Gasteiger partial charge is 0.379 e. The number of rotatable bonds is 28. The zero-order valence-electron chi connectivity index (χ0n) is 21.1. The Hall–Kier alpha value is -0.640. The maximum absolute atomic E-state index is 5.63. The number of terminal acetylenes is 1. The Kier molecular flexibility index (Phi) is 29.8. The van der Waals surface area contributed by atoms with Crippen LogP contribution in [0.4, 0.5) is 0 Å². The normalized spacial score (nSPS) is 11.1. The van der Waals surface area contributed by atoms with Gasteiger partial charge in [-0.15, -0.1) is 6.42 Å². The molecule has 0 aromatic heterocycles. The van der Waals surface area contributed by atoms with E-state index in [0.29, 0.717) is 59.5 Å². The monoisotopic (exact) mass is 456 g/mol. The molecule has 0 unspecified atom stereocenters. The van der Waals surface area contributed by atoms with Gasteiger partial charge in [0.2, 0.25) is 0 Å². The van der Waals surface area contributed by atoms with E-state index in [-0.39, 0.29) is 0 Å². The molecule has 0 amide bonds. The maximum Gasteiger partial charge on any atom is 0.107 e. The van der Waals surface area contributed by atoms with Crippen molar-refractivity contribution in [2.24, 2.45) is 0 Å². The van der Waals surface area contributed by atoms with E-state index < -0.39 is 0 Å². The molecule has 0 aliphatic rings. The molecule has 0 rings (SSSR count). The molecule has 0 saturated heterocycles. The quantitative estimate of drug-likeness (QED) is 0.104. The van der Waals surface area contributed by atoms with Gasteiger partial charge >= 0.3 is 0 Å². The number of ether oxygens (including phenoxy) is 5. The van der Waals surface area contributed by atoms with Crippen LogP contribution in [0.3, 0.4) is 0 Å². The topological polar surface area (TPSA) is 46.2 Å². The predicted molar refractivity (Wildman–Crippen MR) is 133 cm³/mol. The zero-order valence-corrected chi connectivity index (χ0v) is 21.1. The summed E-state index contributed by atoms with van der Waals surface area (Å²) in [5.41, 5.74) is 0. The summed E-state index contributed by atoms with van der Waals surface area (Å²) in [4.78, 5) is 0. The minimum absolute atomic E-state index is 0.334. The lowest BCUT2D eigenvalue weighted by atomic mass is 10.0. The highest BCUT2D eigenvalue weighted by Gasteiger charge is 1.96. The van der Waals surface area contributed by atoms with Gasteiger partial charge in [-0.25, -0.2) is 0 Å². The minimum atomic E-state index is 0.334. The summed E-state index contributed by atoms with van der Waals surface area (Å²) in [6, 6.07) is 0. The number of hydrogen-bond donors (Lipinski definition) is 0. The fourth-order valence-corrected chi connectivity index (χ4v) is 3.41. The molecule has 0 aromatic rings. The van der Waals surface area contributed by atoms with Crippen molar-refractivity contribution in [1.82, 2.24) is 0 Å². The zero-order chi connectivity index (χ0) is 23.2. The third-order valence-corrected chi connectivity index (χ3v) is 5.32. The van der Waals surface area contributed by atoms with E-state index in [9.17, 15) is 0 Å². The van der Waals surface area contributed by atoms with Crippen LogP contribution in [0.5, 0.6) is 0 Å². The Morgan fingerprint density at radius 3 is 1.09 bits per heavy atom. The van der Waals surface area contributed by atoms with Gasteiger partial charge in [-0.1, -0.05) is 96.3 Å². The van der Waals surface area contributed by atoms with Crippen molar-refractivity contribution in [3.8, 4) is 12.3 Å². The molecular weight excluding hydrogens is 404 g/mol. The van der Waals surface area contributed by atoms with Crippen molar-refractivity contribution < 1.29 is 23.7 Å². The van der Waals surface area contributed by atoms with Gasteiger partial charge < -0.3 is 23.7 Å². The van der Waals surface area contributed by atoms with Crippen molar-refractivity contribution in [1.29, 1.82) is 0 Å². The van der Waals surface area contributed by atoms with E-state index in [2.05, 4.69) is 12.8 Å². The van der Waals surface area contributed by atoms with Gasteiger partial charge in [0, 0.05) is 6.61 Å². The molecule has 0 saturated carbocycles. The summed E-state index contributed by atoms with van der Waals surface area (Å²) >= 11 is 0. The van der Waals surface area contributed by atoms with Crippen LogP contribution < -0.4 is 0 Å². The van der Waals surface area contributed by atoms with Crippen LogP contribution in [0.1, 0.15) is 96.8 Å². The van der Waals surface area contributed by atoms with Crippen molar-refractivity contribution in [2.45, 2.75) is 96.8 Å². The molecule has 0 aromatic carbocycles. The lowest BCUT2D eigenvalue weighted by molar-refractivity contribution is -0.00935. The predicted octanol–water partition coefficient (Wildman–Crippen LogP) is 6.18. The van der Waals surface area contributed by atoms with E-state index in [1.54, 1.807) is 0 Å². The Morgan fingerprint density at radius 1 is 0.406 bits per heavy atom. The summed E-state index contributed by atoms with van der Waals surface area (Å²) < 4.78 is 27.0. The van der Waals surface area contributed by atoms with Crippen LogP contribution in [0, 0.1) is 12.3 Å². The lowest BCUT2D eigenvalue weighted by Crippen LogP contribution is -2.13. The van der Waals surface area contributed by atoms with Gasteiger partial charge in [0.05, 0.1) is 52.9 Å². The van der Waals surface area contributed by atoms with E-state index >= 15 is 0 Å². The average Bonchev–Trinajstić information content (AvgIpc) is 2.81. The molecule has 190 valence electrons. The molecule has 0 N–H and O–H groups in total. The Balaban J connectivity index is 2.99. The fraction of sp³-hybridized carbons (Fsp3) is 0.926. The summed E-state index contributed by atoms with van der Waals surface area (Å²) in [5, 5.41) is 0. The average molecular weight is 457 g/mol. The molecule has 32 heavy (non-hydrogen) atoms. The number of hydrogen-bond acceptors (Lipinski definition) is 5. The molecule has 0 spiro atoms. The first-order valence-electron chi connectivity index (χ1n) is 13.2. The van der Waals surface area contributed by atoms with Crippen molar-refractivity contribution >= 4 is 0 Å². The van der Waals surface area contributed by atoms with Gasteiger partial charge in [-0.2, -0.15) is 0 Å². The first kappa shape index (κ1) is 31.4. The Labute approximate surface area is 199 Å². The highest BCUT2D eigenvalue weighted by Crippen LogP contribution is 2.12. The van der Waals surface area contributed by atoms with Gasteiger partial charge in [0.25, 0.3) is 0 Å². The van der Waals surface area contributed by atoms with Crippen molar-refractivity contribution in [3.05, 3.63) is 0 Å². The van der Waals surface area contributed by atoms with Crippen molar-refractivity contribution in [2.75, 3.05) is 66.1 Å². The van der Waals surface area contributed by atoms with E-state index in [1.165, 1.54) is 83.5 Å². The van der Waals surface area contributed by atoms with Gasteiger partial charge in [-0.05, 0) is 6.42 Å². The summed E-state index contributed by atoms with van der Waals surface area (Å²) in [6.45, 7) is 8.11. The van der Waals surface area contributed by atoms with Crippen LogP contribution in [0.25, 0.3) is 0 Å². The smallest absolute Gasteiger partial charge is 0.107 e. The fourth-order valence-electron chi connectivity index (χ4n) is 3.41. The maximum atomic E-state index is 5.63. The molecule has 0 aliphatic carbocycles. The van der Waals surface area contributed by atoms with Crippen LogP contribution in [-0.4, -0.2) is 66.1 Å². The Bertz CT molecular complexity index is 370. The Morgan fingerprint density at radius 2 is 0.719 bits per heavy atom. The standard InChI is InChI=1S/C27H52O5/c1-3-5-6-7-8-9-10-11-12-13-14-15-16-17-19-29-21-23-31-25-27-32-26-24-30-22-20-28-18-4-2/h2H,3,5-27H2,1H3. The highest BCUT2D eigenvalue weighted by molar-refractivity contribution is 4.82. The van der Waals surface area contributed by atoms with Gasteiger partial charge in [-0.3, -0.25) is 0 Å². The van der Waals surface area contributed by atoms with Crippen LogP contribution >= 0.6 is 0 Å².